The second-order valence-corrected chi connectivity index (χ2v) is 3.82. The largest absolute Gasteiger partial charge is 0.395 e. The Balaban J connectivity index is 2.03. The SMILES string of the molecule is O=C(CCC1CCCNC1)NCCO. The zero-order chi connectivity index (χ0) is 10.2. The predicted octanol–water partition coefficient (Wildman–Crippen LogP) is -0.125. The van der Waals surface area contributed by atoms with Crippen LogP contribution in [0.2, 0.25) is 0 Å². The van der Waals surface area contributed by atoms with E-state index in [1.165, 1.54) is 12.8 Å². The van der Waals surface area contributed by atoms with Crippen LogP contribution in [0, 0.1) is 5.92 Å². The average molecular weight is 200 g/mol. The Morgan fingerprint density at radius 3 is 3.07 bits per heavy atom. The molecule has 0 radical (unpaired) electrons. The third-order valence-electron chi connectivity index (χ3n) is 2.61. The van der Waals surface area contributed by atoms with Crippen molar-refractivity contribution in [2.45, 2.75) is 25.7 Å². The van der Waals surface area contributed by atoms with Crippen LogP contribution in [0.15, 0.2) is 0 Å². The summed E-state index contributed by atoms with van der Waals surface area (Å²) in [5.41, 5.74) is 0. The van der Waals surface area contributed by atoms with E-state index < -0.39 is 0 Å². The number of carbonyl (C=O) groups excluding carboxylic acids is 1. The van der Waals surface area contributed by atoms with Gasteiger partial charge in [-0.3, -0.25) is 4.79 Å². The molecule has 1 aliphatic heterocycles. The molecule has 0 saturated carbocycles. The molecule has 82 valence electrons. The van der Waals surface area contributed by atoms with Crippen LogP contribution in [0.3, 0.4) is 0 Å². The molecule has 1 rings (SSSR count). The fourth-order valence-corrected chi connectivity index (χ4v) is 1.79. The van der Waals surface area contributed by atoms with Crippen LogP contribution in [0.5, 0.6) is 0 Å². The smallest absolute Gasteiger partial charge is 0.220 e. The molecule has 0 aliphatic carbocycles. The van der Waals surface area contributed by atoms with Gasteiger partial charge in [0, 0.05) is 13.0 Å². The molecule has 3 N–H and O–H groups in total. The summed E-state index contributed by atoms with van der Waals surface area (Å²) in [6.07, 6.45) is 4.01. The standard InChI is InChI=1S/C10H20N2O2/c13-7-6-12-10(14)4-3-9-2-1-5-11-8-9/h9,11,13H,1-8H2,(H,12,14). The van der Waals surface area contributed by atoms with Crippen molar-refractivity contribution in [3.63, 3.8) is 0 Å². The molecule has 4 nitrogen and oxygen atoms in total. The lowest BCUT2D eigenvalue weighted by Gasteiger charge is -2.22. The summed E-state index contributed by atoms with van der Waals surface area (Å²) in [4.78, 5) is 11.2. The Labute approximate surface area is 85.1 Å². The van der Waals surface area contributed by atoms with Crippen LogP contribution < -0.4 is 10.6 Å². The summed E-state index contributed by atoms with van der Waals surface area (Å²) in [7, 11) is 0. The van der Waals surface area contributed by atoms with Crippen LogP contribution >= 0.6 is 0 Å². The van der Waals surface area contributed by atoms with Crippen LogP contribution in [-0.2, 0) is 4.79 Å². The number of rotatable bonds is 5. The van der Waals surface area contributed by atoms with Gasteiger partial charge in [0.1, 0.15) is 0 Å². The highest BCUT2D eigenvalue weighted by molar-refractivity contribution is 5.75. The van der Waals surface area contributed by atoms with E-state index in [1.54, 1.807) is 0 Å². The molecule has 1 saturated heterocycles. The van der Waals surface area contributed by atoms with E-state index in [2.05, 4.69) is 10.6 Å². The quantitative estimate of drug-likeness (QED) is 0.579. The summed E-state index contributed by atoms with van der Waals surface area (Å²) < 4.78 is 0. The third kappa shape index (κ3) is 4.58. The van der Waals surface area contributed by atoms with Gasteiger partial charge in [-0.1, -0.05) is 0 Å². The van der Waals surface area contributed by atoms with Gasteiger partial charge in [-0.05, 0) is 38.3 Å². The lowest BCUT2D eigenvalue weighted by molar-refractivity contribution is -0.121. The molecule has 0 aromatic heterocycles. The molecule has 0 spiro atoms. The number of piperidine rings is 1. The minimum atomic E-state index is 0.0245. The molecule has 14 heavy (non-hydrogen) atoms. The number of nitrogens with one attached hydrogen (secondary N) is 2. The molecular formula is C10H20N2O2. The summed E-state index contributed by atoms with van der Waals surface area (Å²) in [6.45, 7) is 2.57. The van der Waals surface area contributed by atoms with Crippen LogP contribution in [-0.4, -0.2) is 37.3 Å². The fraction of sp³-hybridized carbons (Fsp3) is 0.900. The molecular weight excluding hydrogens is 180 g/mol. The Bertz CT molecular complexity index is 168. The molecule has 1 heterocycles. The van der Waals surface area contributed by atoms with E-state index in [-0.39, 0.29) is 12.5 Å². The van der Waals surface area contributed by atoms with Crippen LogP contribution in [0.25, 0.3) is 0 Å². The molecule has 1 unspecified atom stereocenters. The first-order valence-electron chi connectivity index (χ1n) is 5.41. The van der Waals surface area contributed by atoms with Gasteiger partial charge in [-0.15, -0.1) is 0 Å². The number of aliphatic hydroxyl groups is 1. The Morgan fingerprint density at radius 1 is 1.57 bits per heavy atom. The van der Waals surface area contributed by atoms with Crippen molar-refractivity contribution < 1.29 is 9.90 Å². The lowest BCUT2D eigenvalue weighted by atomic mass is 9.94. The summed E-state index contributed by atoms with van der Waals surface area (Å²) in [5.74, 6) is 0.716. The van der Waals surface area contributed by atoms with E-state index in [1.807, 2.05) is 0 Å². The van der Waals surface area contributed by atoms with Crippen molar-refractivity contribution in [1.82, 2.24) is 10.6 Å². The lowest BCUT2D eigenvalue weighted by Crippen LogP contribution is -2.31. The third-order valence-corrected chi connectivity index (χ3v) is 2.61. The Morgan fingerprint density at radius 2 is 2.43 bits per heavy atom. The average Bonchev–Trinajstić information content (AvgIpc) is 2.25. The van der Waals surface area contributed by atoms with Gasteiger partial charge in [0.05, 0.1) is 6.61 Å². The number of aliphatic hydroxyl groups excluding tert-OH is 1. The highest BCUT2D eigenvalue weighted by Gasteiger charge is 2.13. The molecule has 1 aliphatic rings. The van der Waals surface area contributed by atoms with Gasteiger partial charge >= 0.3 is 0 Å². The second kappa shape index (κ2) is 6.79. The molecule has 1 fully saturated rings. The van der Waals surface area contributed by atoms with Gasteiger partial charge in [-0.2, -0.15) is 0 Å². The molecule has 4 heteroatoms. The molecule has 0 bridgehead atoms. The zero-order valence-electron chi connectivity index (χ0n) is 8.59. The van der Waals surface area contributed by atoms with Crippen molar-refractivity contribution in [2.75, 3.05) is 26.2 Å². The van der Waals surface area contributed by atoms with Crippen molar-refractivity contribution in [3.8, 4) is 0 Å². The Hall–Kier alpha value is -0.610. The van der Waals surface area contributed by atoms with Gasteiger partial charge < -0.3 is 15.7 Å². The molecule has 0 aromatic carbocycles. The van der Waals surface area contributed by atoms with E-state index >= 15 is 0 Å². The van der Waals surface area contributed by atoms with Crippen molar-refractivity contribution in [3.05, 3.63) is 0 Å². The van der Waals surface area contributed by atoms with Crippen molar-refractivity contribution in [1.29, 1.82) is 0 Å². The molecule has 1 atom stereocenters. The summed E-state index contributed by atoms with van der Waals surface area (Å²) >= 11 is 0. The topological polar surface area (TPSA) is 61.4 Å². The number of amides is 1. The van der Waals surface area contributed by atoms with Gasteiger partial charge in [0.15, 0.2) is 0 Å². The maximum atomic E-state index is 11.2. The van der Waals surface area contributed by atoms with Gasteiger partial charge in [-0.25, -0.2) is 0 Å². The minimum Gasteiger partial charge on any atom is -0.395 e. The number of carbonyl (C=O) groups is 1. The van der Waals surface area contributed by atoms with Crippen molar-refractivity contribution in [2.24, 2.45) is 5.92 Å². The second-order valence-electron chi connectivity index (χ2n) is 3.82. The van der Waals surface area contributed by atoms with E-state index in [9.17, 15) is 4.79 Å². The zero-order valence-corrected chi connectivity index (χ0v) is 8.59. The number of hydrogen-bond acceptors (Lipinski definition) is 3. The first kappa shape index (κ1) is 11.5. The first-order chi connectivity index (χ1) is 6.83. The van der Waals surface area contributed by atoms with E-state index in [0.717, 1.165) is 19.5 Å². The normalized spacial score (nSPS) is 21.9. The van der Waals surface area contributed by atoms with Gasteiger partial charge in [0.25, 0.3) is 0 Å². The fourth-order valence-electron chi connectivity index (χ4n) is 1.79. The monoisotopic (exact) mass is 200 g/mol. The van der Waals surface area contributed by atoms with E-state index in [0.29, 0.717) is 18.9 Å². The molecule has 1 amide bonds. The summed E-state index contributed by atoms with van der Waals surface area (Å²) in [6, 6.07) is 0. The van der Waals surface area contributed by atoms with E-state index in [4.69, 9.17) is 5.11 Å². The summed E-state index contributed by atoms with van der Waals surface area (Å²) in [5, 5.41) is 14.5. The maximum absolute atomic E-state index is 11.2. The van der Waals surface area contributed by atoms with Crippen molar-refractivity contribution >= 4 is 5.91 Å². The predicted molar refractivity (Wildman–Crippen MR) is 54.9 cm³/mol. The highest BCUT2D eigenvalue weighted by Crippen LogP contribution is 2.15. The van der Waals surface area contributed by atoms with Crippen LogP contribution in [0.4, 0.5) is 0 Å². The number of hydrogen-bond donors (Lipinski definition) is 3. The minimum absolute atomic E-state index is 0.0245. The van der Waals surface area contributed by atoms with Crippen LogP contribution in [0.1, 0.15) is 25.7 Å². The molecule has 0 aromatic rings. The maximum Gasteiger partial charge on any atom is 0.220 e. The van der Waals surface area contributed by atoms with Gasteiger partial charge in [0.2, 0.25) is 5.91 Å². The highest BCUT2D eigenvalue weighted by atomic mass is 16.3. The first-order valence-corrected chi connectivity index (χ1v) is 5.41. The Kier molecular flexibility index (Phi) is 5.56.